The minimum Gasteiger partial charge on any atom is -0.491 e. The SMILES string of the molecule is CC(C)(c1ccc(OCC(O)COCCOC2CCC(C(C)(C)C3CCC(OCCO)CC3)CC2)cc1)c1ccc(OCC(O)COCCOC2CCC(C(C)(C)C3CCC(OCCO)CC3)CC2)cc1. The van der Waals surface area contributed by atoms with Crippen molar-refractivity contribution in [2.45, 2.75) is 186 Å². The summed E-state index contributed by atoms with van der Waals surface area (Å²) in [5, 5.41) is 39.3. The van der Waals surface area contributed by atoms with Crippen molar-refractivity contribution in [2.75, 3.05) is 79.3 Å². The topological polar surface area (TPSA) is 155 Å². The first-order chi connectivity index (χ1) is 34.2. The maximum absolute atomic E-state index is 10.6. The summed E-state index contributed by atoms with van der Waals surface area (Å²) in [4.78, 5) is 0. The van der Waals surface area contributed by atoms with E-state index in [1.165, 1.54) is 51.4 Å². The normalized spacial score (nSPS) is 26.7. The highest BCUT2D eigenvalue weighted by Crippen LogP contribution is 2.50. The molecule has 0 aliphatic heterocycles. The molecule has 2 aromatic rings. The summed E-state index contributed by atoms with van der Waals surface area (Å²) in [6.07, 6.45) is 18.1. The summed E-state index contributed by atoms with van der Waals surface area (Å²) in [7, 11) is 0. The minimum atomic E-state index is -0.741. The number of aliphatic hydroxyl groups excluding tert-OH is 4. The minimum absolute atomic E-state index is 0.104. The molecule has 0 bridgehead atoms. The summed E-state index contributed by atoms with van der Waals surface area (Å²) < 4.78 is 47.4. The Bertz CT molecular complexity index is 1590. The fraction of sp³-hybridized carbons (Fsp3) is 0.797. The number of rotatable bonds is 30. The summed E-state index contributed by atoms with van der Waals surface area (Å²) in [6, 6.07) is 16.0. The molecule has 404 valence electrons. The predicted molar refractivity (Wildman–Crippen MR) is 278 cm³/mol. The van der Waals surface area contributed by atoms with Crippen LogP contribution in [0.4, 0.5) is 0 Å². The molecule has 12 nitrogen and oxygen atoms in total. The Balaban J connectivity index is 0.777. The number of ether oxygens (including phenoxy) is 8. The molecule has 2 aromatic carbocycles. The van der Waals surface area contributed by atoms with Crippen molar-refractivity contribution in [3.8, 4) is 11.5 Å². The van der Waals surface area contributed by atoms with Gasteiger partial charge in [0.25, 0.3) is 0 Å². The van der Waals surface area contributed by atoms with Gasteiger partial charge in [-0.3, -0.25) is 0 Å². The largest absolute Gasteiger partial charge is 0.491 e. The first kappa shape index (κ1) is 57.9. The summed E-state index contributed by atoms with van der Waals surface area (Å²) in [6.45, 7) is 18.0. The van der Waals surface area contributed by atoms with Crippen LogP contribution < -0.4 is 9.47 Å². The Hall–Kier alpha value is -2.36. The van der Waals surface area contributed by atoms with Gasteiger partial charge in [-0.15, -0.1) is 0 Å². The molecular weight excluding hydrogens is 901 g/mol. The van der Waals surface area contributed by atoms with Crippen molar-refractivity contribution in [3.63, 3.8) is 0 Å². The standard InChI is InChI=1S/C59H96O12/c1-57(2,43-7-19-51(20-8-43)66-33-31-60)45-11-23-53(24-12-45)68-37-35-64-39-49(62)41-70-55-27-15-47(16-28-55)59(5,6)48-17-29-56(30-18-48)71-42-50(63)40-65-36-38-69-54-25-13-46(14-26-54)58(3,4)44-9-21-52(22-10-44)67-34-32-61/h15-18,27-30,43-46,49-54,60-63H,7-14,19-26,31-42H2,1-6H3. The second-order valence-electron chi connectivity index (χ2n) is 23.2. The Morgan fingerprint density at radius 3 is 0.958 bits per heavy atom. The molecule has 71 heavy (non-hydrogen) atoms. The van der Waals surface area contributed by atoms with E-state index >= 15 is 0 Å². The van der Waals surface area contributed by atoms with E-state index in [0.717, 1.165) is 74.3 Å². The van der Waals surface area contributed by atoms with E-state index in [1.807, 2.05) is 24.3 Å². The van der Waals surface area contributed by atoms with Crippen LogP contribution in [0, 0.1) is 34.5 Å². The van der Waals surface area contributed by atoms with Crippen LogP contribution in [0.2, 0.25) is 0 Å². The monoisotopic (exact) mass is 997 g/mol. The average Bonchev–Trinajstić information content (AvgIpc) is 3.39. The van der Waals surface area contributed by atoms with Crippen LogP contribution in [0.25, 0.3) is 0 Å². The van der Waals surface area contributed by atoms with E-state index in [1.54, 1.807) is 0 Å². The van der Waals surface area contributed by atoms with Gasteiger partial charge in [0.15, 0.2) is 0 Å². The molecule has 6 rings (SSSR count). The number of aliphatic hydroxyl groups is 4. The highest BCUT2D eigenvalue weighted by molar-refractivity contribution is 5.42. The predicted octanol–water partition coefficient (Wildman–Crippen LogP) is 9.86. The molecule has 4 aliphatic carbocycles. The average molecular weight is 997 g/mol. The fourth-order valence-corrected chi connectivity index (χ4v) is 12.6. The van der Waals surface area contributed by atoms with Crippen LogP contribution in [0.15, 0.2) is 48.5 Å². The molecule has 0 spiro atoms. The lowest BCUT2D eigenvalue weighted by atomic mass is 9.60. The molecule has 0 heterocycles. The molecule has 4 saturated carbocycles. The van der Waals surface area contributed by atoms with Crippen LogP contribution in [0.5, 0.6) is 11.5 Å². The maximum Gasteiger partial charge on any atom is 0.119 e. The third-order valence-corrected chi connectivity index (χ3v) is 17.6. The first-order valence-corrected chi connectivity index (χ1v) is 27.8. The van der Waals surface area contributed by atoms with Gasteiger partial charge in [-0.05, 0) is 173 Å². The zero-order valence-corrected chi connectivity index (χ0v) is 44.7. The van der Waals surface area contributed by atoms with Crippen molar-refractivity contribution in [1.82, 2.24) is 0 Å². The van der Waals surface area contributed by atoms with Gasteiger partial charge in [-0.1, -0.05) is 65.8 Å². The summed E-state index contributed by atoms with van der Waals surface area (Å²) in [5.74, 6) is 4.27. The van der Waals surface area contributed by atoms with Gasteiger partial charge in [0.2, 0.25) is 0 Å². The first-order valence-electron chi connectivity index (χ1n) is 27.8. The lowest BCUT2D eigenvalue weighted by molar-refractivity contribution is -0.0552. The van der Waals surface area contributed by atoms with E-state index in [0.29, 0.717) is 86.0 Å². The summed E-state index contributed by atoms with van der Waals surface area (Å²) in [5.41, 5.74) is 2.62. The zero-order valence-electron chi connectivity index (χ0n) is 44.7. The molecule has 0 aromatic heterocycles. The van der Waals surface area contributed by atoms with Gasteiger partial charge in [-0.2, -0.15) is 0 Å². The van der Waals surface area contributed by atoms with Crippen molar-refractivity contribution in [3.05, 3.63) is 59.7 Å². The van der Waals surface area contributed by atoms with E-state index in [9.17, 15) is 10.2 Å². The van der Waals surface area contributed by atoms with E-state index in [4.69, 9.17) is 48.1 Å². The molecular formula is C59H96O12. The van der Waals surface area contributed by atoms with Crippen molar-refractivity contribution in [1.29, 1.82) is 0 Å². The molecule has 2 unspecified atom stereocenters. The highest BCUT2D eigenvalue weighted by atomic mass is 16.5. The molecule has 4 fully saturated rings. The second kappa shape index (κ2) is 29.1. The Morgan fingerprint density at radius 2 is 0.676 bits per heavy atom. The van der Waals surface area contributed by atoms with Crippen molar-refractivity contribution < 1.29 is 58.3 Å². The number of hydrogen-bond acceptors (Lipinski definition) is 12. The van der Waals surface area contributed by atoms with Gasteiger partial charge in [0, 0.05) is 5.41 Å². The Kier molecular flexibility index (Phi) is 23.7. The molecule has 2 atom stereocenters. The number of hydrogen-bond donors (Lipinski definition) is 4. The third kappa shape index (κ3) is 17.9. The quantitative estimate of drug-likeness (QED) is 0.0551. The zero-order chi connectivity index (χ0) is 50.7. The van der Waals surface area contributed by atoms with Gasteiger partial charge in [-0.25, -0.2) is 0 Å². The molecule has 0 amide bonds. The van der Waals surface area contributed by atoms with Crippen LogP contribution in [0.1, 0.15) is 155 Å². The van der Waals surface area contributed by atoms with E-state index in [-0.39, 0.29) is 57.3 Å². The fourth-order valence-electron chi connectivity index (χ4n) is 12.6. The lowest BCUT2D eigenvalue weighted by Crippen LogP contribution is -2.39. The Labute approximate surface area is 428 Å². The molecule has 12 heteroatoms. The van der Waals surface area contributed by atoms with Crippen LogP contribution >= 0.6 is 0 Å². The van der Waals surface area contributed by atoms with Crippen LogP contribution in [-0.2, 0) is 33.8 Å². The van der Waals surface area contributed by atoms with Crippen molar-refractivity contribution >= 4 is 0 Å². The second-order valence-corrected chi connectivity index (χ2v) is 23.2. The molecule has 0 radical (unpaired) electrons. The van der Waals surface area contributed by atoms with Gasteiger partial charge < -0.3 is 58.3 Å². The molecule has 4 N–H and O–H groups in total. The van der Waals surface area contributed by atoms with Crippen molar-refractivity contribution in [2.24, 2.45) is 34.5 Å². The number of benzene rings is 2. The van der Waals surface area contributed by atoms with Gasteiger partial charge in [0.1, 0.15) is 36.9 Å². The maximum atomic E-state index is 10.6. The van der Waals surface area contributed by atoms with Crippen LogP contribution in [-0.4, -0.2) is 136 Å². The smallest absolute Gasteiger partial charge is 0.119 e. The summed E-state index contributed by atoms with van der Waals surface area (Å²) >= 11 is 0. The van der Waals surface area contributed by atoms with Gasteiger partial charge in [0.05, 0.1) is 90.5 Å². The van der Waals surface area contributed by atoms with Crippen LogP contribution in [0.3, 0.4) is 0 Å². The van der Waals surface area contributed by atoms with Gasteiger partial charge >= 0.3 is 0 Å². The van der Waals surface area contributed by atoms with E-state index in [2.05, 4.69) is 65.8 Å². The Morgan fingerprint density at radius 1 is 0.394 bits per heavy atom. The molecule has 0 saturated heterocycles. The third-order valence-electron chi connectivity index (χ3n) is 17.6. The molecule has 4 aliphatic rings. The lowest BCUT2D eigenvalue weighted by Gasteiger charge is -2.46. The van der Waals surface area contributed by atoms with E-state index < -0.39 is 12.2 Å². The highest BCUT2D eigenvalue weighted by Gasteiger charge is 2.42.